The second kappa shape index (κ2) is 24.7. The number of allylic oxidation sites excluding steroid dienone is 2. The number of esters is 2. The van der Waals surface area contributed by atoms with E-state index in [1.807, 2.05) is 21.6 Å². The summed E-state index contributed by atoms with van der Waals surface area (Å²) in [7, 11) is 3.90. The molecule has 0 spiro atoms. The molecule has 0 aromatic carbocycles. The van der Waals surface area contributed by atoms with E-state index in [1.165, 1.54) is 70.0 Å². The molecule has 0 radical (unpaired) electrons. The van der Waals surface area contributed by atoms with Gasteiger partial charge in [0.05, 0.1) is 0 Å². The Morgan fingerprint density at radius 2 is 1.33 bits per heavy atom. The Balaban J connectivity index is 1.84. The number of rotatable bonds is 24. The first-order chi connectivity index (χ1) is 17.6. The Kier molecular flexibility index (Phi) is 22.9. The molecule has 7 heteroatoms. The van der Waals surface area contributed by atoms with Gasteiger partial charge in [0, 0.05) is 23.8 Å². The van der Waals surface area contributed by atoms with Gasteiger partial charge in [-0.2, -0.15) is 0 Å². The molecule has 1 fully saturated rings. The van der Waals surface area contributed by atoms with Gasteiger partial charge in [-0.05, 0) is 51.4 Å². The second-order valence-corrected chi connectivity index (χ2v) is 12.7. The molecule has 0 bridgehead atoms. The molecule has 0 aromatic heterocycles. The minimum Gasteiger partial charge on any atom is -0.463 e. The van der Waals surface area contributed by atoms with Gasteiger partial charge in [0.25, 0.3) is 0 Å². The number of carbonyl (C=O) groups excluding carboxylic acids is 2. The van der Waals surface area contributed by atoms with Crippen LogP contribution in [-0.2, 0) is 19.1 Å². The van der Waals surface area contributed by atoms with Crippen molar-refractivity contribution in [1.82, 2.24) is 0 Å². The lowest BCUT2D eigenvalue weighted by Crippen LogP contribution is -2.25. The monoisotopic (exact) mass is 544 g/mol. The van der Waals surface area contributed by atoms with Crippen molar-refractivity contribution in [3.8, 4) is 0 Å². The maximum atomic E-state index is 11.8. The van der Waals surface area contributed by atoms with Crippen LogP contribution in [0.15, 0.2) is 12.2 Å². The minimum absolute atomic E-state index is 0.116. The molecule has 1 aliphatic rings. The van der Waals surface area contributed by atoms with E-state index in [1.54, 1.807) is 0 Å². The molecule has 0 saturated carbocycles. The number of aliphatic hydroxyl groups excluding tert-OH is 1. The van der Waals surface area contributed by atoms with Crippen molar-refractivity contribution in [1.29, 1.82) is 0 Å². The molecular formula is C29H52O5S2. The average Bonchev–Trinajstić information content (AvgIpc) is 3.40. The molecule has 2 unspecified atom stereocenters. The van der Waals surface area contributed by atoms with Gasteiger partial charge < -0.3 is 14.6 Å². The van der Waals surface area contributed by atoms with Crippen molar-refractivity contribution in [3.05, 3.63) is 12.2 Å². The van der Waals surface area contributed by atoms with Crippen LogP contribution >= 0.6 is 21.6 Å². The van der Waals surface area contributed by atoms with E-state index >= 15 is 0 Å². The van der Waals surface area contributed by atoms with Gasteiger partial charge in [0.15, 0.2) is 0 Å². The van der Waals surface area contributed by atoms with Crippen LogP contribution < -0.4 is 0 Å². The number of hydrogen-bond acceptors (Lipinski definition) is 7. The topological polar surface area (TPSA) is 72.8 Å². The van der Waals surface area contributed by atoms with Crippen LogP contribution in [0.1, 0.15) is 129 Å². The number of unbranched alkanes of at least 4 members (excludes halogenated alkanes) is 12. The molecule has 0 aliphatic carbocycles. The molecule has 1 saturated heterocycles. The van der Waals surface area contributed by atoms with Gasteiger partial charge in [-0.1, -0.05) is 98.5 Å². The van der Waals surface area contributed by atoms with Crippen molar-refractivity contribution in [2.75, 3.05) is 19.0 Å². The Morgan fingerprint density at radius 3 is 1.89 bits per heavy atom. The number of ether oxygens (including phenoxy) is 2. The summed E-state index contributed by atoms with van der Waals surface area (Å²) in [6, 6.07) is 0. The zero-order chi connectivity index (χ0) is 26.1. The lowest BCUT2D eigenvalue weighted by Gasteiger charge is -2.12. The molecule has 5 nitrogen and oxygen atoms in total. The summed E-state index contributed by atoms with van der Waals surface area (Å²) in [6.07, 6.45) is 24.6. The molecule has 210 valence electrons. The smallest absolute Gasteiger partial charge is 0.305 e. The highest BCUT2D eigenvalue weighted by Gasteiger charge is 2.16. The van der Waals surface area contributed by atoms with Gasteiger partial charge in [0.2, 0.25) is 0 Å². The number of aliphatic hydroxyl groups is 1. The fourth-order valence-electron chi connectivity index (χ4n) is 4.12. The summed E-state index contributed by atoms with van der Waals surface area (Å²) in [5.74, 6) is 0.653. The van der Waals surface area contributed by atoms with E-state index in [4.69, 9.17) is 9.47 Å². The largest absolute Gasteiger partial charge is 0.463 e. The van der Waals surface area contributed by atoms with Crippen LogP contribution in [0, 0.1) is 0 Å². The molecule has 1 aliphatic heterocycles. The molecule has 2 atom stereocenters. The van der Waals surface area contributed by atoms with Crippen LogP contribution in [0.5, 0.6) is 0 Å². The standard InChI is InChI=1S/C29H52O5S2/c1-2-3-4-5-6-7-8-9-10-11-12-13-14-15-16-20-28(31)33-24-26(30)25-34-29(32)21-18-17-19-27-22-23-35-36-27/h9-10,26-27,30H,2-8,11-25H2,1H3/b10-9-. The maximum absolute atomic E-state index is 11.8. The highest BCUT2D eigenvalue weighted by molar-refractivity contribution is 8.77. The molecule has 1 heterocycles. The third kappa shape index (κ3) is 21.4. The molecular weight excluding hydrogens is 492 g/mol. The van der Waals surface area contributed by atoms with E-state index in [0.29, 0.717) is 12.8 Å². The Bertz CT molecular complexity index is 564. The van der Waals surface area contributed by atoms with Gasteiger partial charge >= 0.3 is 11.9 Å². The predicted octanol–water partition coefficient (Wildman–Crippen LogP) is 8.19. The fraction of sp³-hybridized carbons (Fsp3) is 0.862. The van der Waals surface area contributed by atoms with Gasteiger partial charge in [0.1, 0.15) is 19.3 Å². The summed E-state index contributed by atoms with van der Waals surface area (Å²) < 4.78 is 10.2. The van der Waals surface area contributed by atoms with Crippen LogP contribution in [0.4, 0.5) is 0 Å². The normalized spacial score (nSPS) is 16.4. The maximum Gasteiger partial charge on any atom is 0.305 e. The van der Waals surface area contributed by atoms with E-state index in [2.05, 4.69) is 19.1 Å². The van der Waals surface area contributed by atoms with Crippen molar-refractivity contribution >= 4 is 33.5 Å². The predicted molar refractivity (Wildman–Crippen MR) is 154 cm³/mol. The highest BCUT2D eigenvalue weighted by atomic mass is 33.1. The number of hydrogen-bond donors (Lipinski definition) is 1. The Labute approximate surface area is 228 Å². The molecule has 0 aromatic rings. The summed E-state index contributed by atoms with van der Waals surface area (Å²) in [5.41, 5.74) is 0. The average molecular weight is 545 g/mol. The second-order valence-electron chi connectivity index (χ2n) is 9.93. The van der Waals surface area contributed by atoms with Gasteiger partial charge in [-0.15, -0.1) is 0 Å². The highest BCUT2D eigenvalue weighted by Crippen LogP contribution is 2.39. The van der Waals surface area contributed by atoms with Crippen molar-refractivity contribution in [2.24, 2.45) is 0 Å². The van der Waals surface area contributed by atoms with Crippen LogP contribution in [0.3, 0.4) is 0 Å². The number of carbonyl (C=O) groups is 2. The summed E-state index contributed by atoms with van der Waals surface area (Å²) in [6.45, 7) is 2.02. The van der Waals surface area contributed by atoms with Crippen molar-refractivity contribution in [2.45, 2.75) is 140 Å². The molecule has 36 heavy (non-hydrogen) atoms. The fourth-order valence-corrected chi connectivity index (χ4v) is 7.14. The van der Waals surface area contributed by atoms with Crippen molar-refractivity contribution in [3.63, 3.8) is 0 Å². The molecule has 1 rings (SSSR count). The minimum atomic E-state index is -0.959. The van der Waals surface area contributed by atoms with E-state index < -0.39 is 6.10 Å². The first-order valence-electron chi connectivity index (χ1n) is 14.5. The summed E-state index contributed by atoms with van der Waals surface area (Å²) >= 11 is 0. The molecule has 0 amide bonds. The zero-order valence-electron chi connectivity index (χ0n) is 22.8. The van der Waals surface area contributed by atoms with Crippen molar-refractivity contribution < 1.29 is 24.2 Å². The Hall–Kier alpha value is -0.660. The first-order valence-corrected chi connectivity index (χ1v) is 16.9. The lowest BCUT2D eigenvalue weighted by molar-refractivity contribution is -0.152. The van der Waals surface area contributed by atoms with E-state index in [9.17, 15) is 14.7 Å². The lowest BCUT2D eigenvalue weighted by atomic mass is 10.1. The van der Waals surface area contributed by atoms with Crippen LogP contribution in [0.25, 0.3) is 0 Å². The van der Waals surface area contributed by atoms with Gasteiger partial charge in [-0.25, -0.2) is 0 Å². The third-order valence-electron chi connectivity index (χ3n) is 6.40. The third-order valence-corrected chi connectivity index (χ3v) is 9.41. The van der Waals surface area contributed by atoms with Gasteiger partial charge in [-0.3, -0.25) is 9.59 Å². The van der Waals surface area contributed by atoms with E-state index in [0.717, 1.165) is 50.2 Å². The van der Waals surface area contributed by atoms with Crippen LogP contribution in [-0.4, -0.2) is 47.4 Å². The zero-order valence-corrected chi connectivity index (χ0v) is 24.4. The first kappa shape index (κ1) is 33.4. The Morgan fingerprint density at radius 1 is 0.806 bits per heavy atom. The van der Waals surface area contributed by atoms with E-state index in [-0.39, 0.29) is 25.2 Å². The molecule has 1 N–H and O–H groups in total. The quantitative estimate of drug-likeness (QED) is 0.0568. The van der Waals surface area contributed by atoms with Crippen LogP contribution in [0.2, 0.25) is 0 Å². The SMILES string of the molecule is CCCCCCCC/C=C\CCCCCCCC(=O)OCC(O)COC(=O)CCCCC1CCSS1. The summed E-state index contributed by atoms with van der Waals surface area (Å²) in [5, 5.41) is 10.6. The summed E-state index contributed by atoms with van der Waals surface area (Å²) in [4.78, 5) is 23.6.